The Morgan fingerprint density at radius 1 is 1.18 bits per heavy atom. The van der Waals surface area contributed by atoms with Crippen LogP contribution in [-0.4, -0.2) is 31.9 Å². The molecule has 0 spiro atoms. The molecular weight excluding hydrogens is 212 g/mol. The van der Waals surface area contributed by atoms with Gasteiger partial charge in [-0.2, -0.15) is 0 Å². The maximum atomic E-state index is 8.87. The van der Waals surface area contributed by atoms with Gasteiger partial charge in [0.1, 0.15) is 0 Å². The molecule has 0 heterocycles. The highest BCUT2D eigenvalue weighted by atomic mass is 16.3. The van der Waals surface area contributed by atoms with Gasteiger partial charge in [-0.25, -0.2) is 0 Å². The summed E-state index contributed by atoms with van der Waals surface area (Å²) in [5.41, 5.74) is 2.49. The lowest BCUT2D eigenvalue weighted by Gasteiger charge is -2.20. The molecule has 0 aliphatic rings. The number of nitrogens with zero attached hydrogens (tertiary/aromatic N) is 1. The molecule has 0 radical (unpaired) electrons. The van der Waals surface area contributed by atoms with Crippen molar-refractivity contribution < 1.29 is 5.11 Å². The van der Waals surface area contributed by atoms with Crippen molar-refractivity contribution in [1.29, 1.82) is 0 Å². The fraction of sp³-hybridized carbons (Fsp3) is 0.571. The average molecular weight is 236 g/mol. The second-order valence-electron chi connectivity index (χ2n) is 4.79. The van der Waals surface area contributed by atoms with E-state index >= 15 is 0 Å². The number of rotatable bonds is 6. The van der Waals surface area contributed by atoms with Crippen molar-refractivity contribution in [3.8, 4) is 0 Å². The lowest BCUT2D eigenvalue weighted by molar-refractivity contribution is 0.264. The molecule has 0 aliphatic carbocycles. The highest BCUT2D eigenvalue weighted by Crippen LogP contribution is 2.18. The van der Waals surface area contributed by atoms with Gasteiger partial charge in [0.25, 0.3) is 0 Å². The Morgan fingerprint density at radius 2 is 1.76 bits per heavy atom. The zero-order chi connectivity index (χ0) is 12.8. The van der Waals surface area contributed by atoms with Crippen LogP contribution in [0.5, 0.6) is 0 Å². The molecule has 0 bridgehead atoms. The van der Waals surface area contributed by atoms with E-state index in [1.165, 1.54) is 11.3 Å². The van der Waals surface area contributed by atoms with Crippen LogP contribution in [0.2, 0.25) is 0 Å². The summed E-state index contributed by atoms with van der Waals surface area (Å²) in [7, 11) is 4.08. The Kier molecular flexibility index (Phi) is 5.45. The van der Waals surface area contributed by atoms with Crippen LogP contribution in [-0.2, 0) is 0 Å². The maximum Gasteiger partial charge on any atom is 0.0445 e. The van der Waals surface area contributed by atoms with Gasteiger partial charge >= 0.3 is 0 Å². The molecular formula is C14H24N2O. The van der Waals surface area contributed by atoms with Gasteiger partial charge in [-0.3, -0.25) is 0 Å². The fourth-order valence-electron chi connectivity index (χ4n) is 1.86. The van der Waals surface area contributed by atoms with E-state index in [9.17, 15) is 0 Å². The molecule has 0 aliphatic heterocycles. The lowest BCUT2D eigenvalue weighted by atomic mass is 10.1. The molecule has 0 fully saturated rings. The molecule has 2 unspecified atom stereocenters. The van der Waals surface area contributed by atoms with Crippen molar-refractivity contribution in [1.82, 2.24) is 5.32 Å². The SMILES string of the molecule is CC(CCO)NC(C)c1ccc(N(C)C)cc1. The van der Waals surface area contributed by atoms with Gasteiger partial charge in [-0.15, -0.1) is 0 Å². The molecule has 1 aromatic rings. The van der Waals surface area contributed by atoms with Gasteiger partial charge in [0.15, 0.2) is 0 Å². The third-order valence-corrected chi connectivity index (χ3v) is 3.01. The number of nitrogens with one attached hydrogen (secondary N) is 1. The first-order chi connectivity index (χ1) is 8.04. The Balaban J connectivity index is 2.60. The normalized spacial score (nSPS) is 14.4. The molecule has 96 valence electrons. The second kappa shape index (κ2) is 6.62. The van der Waals surface area contributed by atoms with E-state index in [1.54, 1.807) is 0 Å². The highest BCUT2D eigenvalue weighted by molar-refractivity contribution is 5.46. The van der Waals surface area contributed by atoms with Crippen LogP contribution >= 0.6 is 0 Å². The summed E-state index contributed by atoms with van der Waals surface area (Å²) < 4.78 is 0. The van der Waals surface area contributed by atoms with Gasteiger partial charge in [0.05, 0.1) is 0 Å². The quantitative estimate of drug-likeness (QED) is 0.794. The Morgan fingerprint density at radius 3 is 2.24 bits per heavy atom. The zero-order valence-corrected chi connectivity index (χ0v) is 11.3. The monoisotopic (exact) mass is 236 g/mol. The van der Waals surface area contributed by atoms with Crippen molar-refractivity contribution in [2.45, 2.75) is 32.4 Å². The smallest absolute Gasteiger partial charge is 0.0445 e. The van der Waals surface area contributed by atoms with Crippen LogP contribution < -0.4 is 10.2 Å². The molecule has 17 heavy (non-hydrogen) atoms. The molecule has 0 saturated carbocycles. The van der Waals surface area contributed by atoms with E-state index in [0.717, 1.165) is 6.42 Å². The minimum absolute atomic E-state index is 0.237. The number of aliphatic hydroxyl groups excluding tert-OH is 1. The first-order valence-corrected chi connectivity index (χ1v) is 6.18. The summed E-state index contributed by atoms with van der Waals surface area (Å²) in [6.45, 7) is 4.49. The van der Waals surface area contributed by atoms with Crippen LogP contribution in [0, 0.1) is 0 Å². The number of anilines is 1. The van der Waals surface area contributed by atoms with E-state index in [4.69, 9.17) is 5.11 Å². The predicted octanol–water partition coefficient (Wildman–Crippen LogP) is 2.17. The molecule has 0 aromatic heterocycles. The maximum absolute atomic E-state index is 8.87. The second-order valence-corrected chi connectivity index (χ2v) is 4.79. The van der Waals surface area contributed by atoms with E-state index < -0.39 is 0 Å². The lowest BCUT2D eigenvalue weighted by Crippen LogP contribution is -2.29. The first-order valence-electron chi connectivity index (χ1n) is 6.18. The van der Waals surface area contributed by atoms with E-state index in [0.29, 0.717) is 12.1 Å². The van der Waals surface area contributed by atoms with Gasteiger partial charge in [-0.1, -0.05) is 12.1 Å². The minimum Gasteiger partial charge on any atom is -0.396 e. The summed E-state index contributed by atoms with van der Waals surface area (Å²) >= 11 is 0. The summed E-state index contributed by atoms with van der Waals surface area (Å²) in [5, 5.41) is 12.3. The number of hydrogen-bond acceptors (Lipinski definition) is 3. The van der Waals surface area contributed by atoms with Crippen molar-refractivity contribution in [2.24, 2.45) is 0 Å². The minimum atomic E-state index is 0.237. The van der Waals surface area contributed by atoms with Crippen LogP contribution in [0.3, 0.4) is 0 Å². The molecule has 3 heteroatoms. The third-order valence-electron chi connectivity index (χ3n) is 3.01. The number of hydrogen-bond donors (Lipinski definition) is 2. The van der Waals surface area contributed by atoms with Gasteiger partial charge in [0.2, 0.25) is 0 Å². The molecule has 1 rings (SSSR count). The molecule has 3 nitrogen and oxygen atoms in total. The van der Waals surface area contributed by atoms with Crippen LogP contribution in [0.25, 0.3) is 0 Å². The summed E-state index contributed by atoms with van der Waals surface area (Å²) in [6, 6.07) is 9.21. The largest absolute Gasteiger partial charge is 0.396 e. The summed E-state index contributed by atoms with van der Waals surface area (Å²) in [6.07, 6.45) is 0.792. The van der Waals surface area contributed by atoms with Crippen molar-refractivity contribution in [3.63, 3.8) is 0 Å². The van der Waals surface area contributed by atoms with E-state index in [2.05, 4.69) is 48.3 Å². The van der Waals surface area contributed by atoms with Gasteiger partial charge < -0.3 is 15.3 Å². The van der Waals surface area contributed by atoms with E-state index in [1.807, 2.05) is 14.1 Å². The van der Waals surface area contributed by atoms with Crippen LogP contribution in [0.15, 0.2) is 24.3 Å². The van der Waals surface area contributed by atoms with E-state index in [-0.39, 0.29) is 6.61 Å². The third kappa shape index (κ3) is 4.36. The van der Waals surface area contributed by atoms with Crippen LogP contribution in [0.1, 0.15) is 31.9 Å². The van der Waals surface area contributed by atoms with Crippen molar-refractivity contribution >= 4 is 5.69 Å². The predicted molar refractivity (Wildman–Crippen MR) is 73.5 cm³/mol. The Bertz CT molecular complexity index is 321. The van der Waals surface area contributed by atoms with Crippen LogP contribution in [0.4, 0.5) is 5.69 Å². The first kappa shape index (κ1) is 14.0. The van der Waals surface area contributed by atoms with Crippen molar-refractivity contribution in [2.75, 3.05) is 25.6 Å². The molecule has 1 aromatic carbocycles. The zero-order valence-electron chi connectivity index (χ0n) is 11.3. The standard InChI is InChI=1S/C14H24N2O/c1-11(9-10-17)15-12(2)13-5-7-14(8-6-13)16(3)4/h5-8,11-12,15,17H,9-10H2,1-4H3. The Hall–Kier alpha value is -1.06. The molecule has 0 saturated heterocycles. The topological polar surface area (TPSA) is 35.5 Å². The summed E-state index contributed by atoms with van der Waals surface area (Å²) in [5.74, 6) is 0. The molecule has 2 N–H and O–H groups in total. The molecule has 0 amide bonds. The van der Waals surface area contributed by atoms with Gasteiger partial charge in [-0.05, 0) is 38.0 Å². The average Bonchev–Trinajstić information content (AvgIpc) is 2.29. The van der Waals surface area contributed by atoms with Gasteiger partial charge in [0, 0.05) is 38.5 Å². The van der Waals surface area contributed by atoms with Crippen molar-refractivity contribution in [3.05, 3.63) is 29.8 Å². The summed E-state index contributed by atoms with van der Waals surface area (Å²) in [4.78, 5) is 2.09. The fourth-order valence-corrected chi connectivity index (χ4v) is 1.86. The molecule has 2 atom stereocenters. The highest BCUT2D eigenvalue weighted by Gasteiger charge is 2.09. The number of aliphatic hydroxyl groups is 1. The number of benzene rings is 1. The Labute approximate surface area is 104 Å².